The van der Waals surface area contributed by atoms with Crippen LogP contribution in [0.3, 0.4) is 0 Å². The fourth-order valence-electron chi connectivity index (χ4n) is 1.39. The fourth-order valence-corrected chi connectivity index (χ4v) is 1.65. The number of benzene rings is 1. The number of halogens is 1. The summed E-state index contributed by atoms with van der Waals surface area (Å²) in [7, 11) is 0. The van der Waals surface area contributed by atoms with E-state index >= 15 is 0 Å². The summed E-state index contributed by atoms with van der Waals surface area (Å²) in [5, 5.41) is 0. The van der Waals surface area contributed by atoms with E-state index in [1.807, 2.05) is 0 Å². The minimum atomic E-state index is 0.253. The molecule has 1 rings (SSSR count). The Morgan fingerprint density at radius 1 is 1.21 bits per heavy atom. The zero-order valence-electron chi connectivity index (χ0n) is 8.79. The van der Waals surface area contributed by atoms with Crippen molar-refractivity contribution in [3.8, 4) is 0 Å². The lowest BCUT2D eigenvalue weighted by Crippen LogP contribution is -2.03. The molecule has 1 nitrogen and oxygen atoms in total. The molecule has 1 aromatic carbocycles. The fraction of sp³-hybridized carbons (Fsp3) is 0.500. The van der Waals surface area contributed by atoms with Crippen molar-refractivity contribution in [2.45, 2.75) is 32.8 Å². The normalized spacial score (nSPS) is 12.8. The smallest absolute Gasteiger partial charge is 0.0822 e. The van der Waals surface area contributed by atoms with Gasteiger partial charge in [0.25, 0.3) is 0 Å². The molecule has 0 amide bonds. The van der Waals surface area contributed by atoms with E-state index in [1.54, 1.807) is 0 Å². The monoisotopic (exact) mass is 256 g/mol. The first-order chi connectivity index (χ1) is 6.77. The van der Waals surface area contributed by atoms with Crippen molar-refractivity contribution in [3.63, 3.8) is 0 Å². The Balaban J connectivity index is 2.64. The van der Waals surface area contributed by atoms with Gasteiger partial charge in [-0.2, -0.15) is 0 Å². The molecule has 1 aromatic rings. The lowest BCUT2D eigenvalue weighted by atomic mass is 10.1. The van der Waals surface area contributed by atoms with Gasteiger partial charge in [-0.15, -0.1) is 0 Å². The molecule has 2 heteroatoms. The van der Waals surface area contributed by atoms with Crippen molar-refractivity contribution in [1.29, 1.82) is 0 Å². The van der Waals surface area contributed by atoms with Gasteiger partial charge in [0.1, 0.15) is 0 Å². The minimum absolute atomic E-state index is 0.253. The van der Waals surface area contributed by atoms with Crippen LogP contribution in [0.1, 0.15) is 38.4 Å². The molecule has 0 aliphatic carbocycles. The van der Waals surface area contributed by atoms with Crippen LogP contribution in [0.2, 0.25) is 0 Å². The summed E-state index contributed by atoms with van der Waals surface area (Å²) in [6.07, 6.45) is 2.36. The first-order valence-electron chi connectivity index (χ1n) is 5.15. The van der Waals surface area contributed by atoms with E-state index in [9.17, 15) is 0 Å². The van der Waals surface area contributed by atoms with Gasteiger partial charge in [-0.05, 0) is 30.5 Å². The zero-order valence-corrected chi connectivity index (χ0v) is 10.4. The molecule has 0 saturated heterocycles. The molecular weight excluding hydrogens is 240 g/mol. The minimum Gasteiger partial charge on any atom is -0.374 e. The van der Waals surface area contributed by atoms with E-state index in [2.05, 4.69) is 54.0 Å². The summed E-state index contributed by atoms with van der Waals surface area (Å²) in [5.41, 5.74) is 1.27. The maximum Gasteiger partial charge on any atom is 0.0822 e. The Morgan fingerprint density at radius 2 is 1.86 bits per heavy atom. The average molecular weight is 257 g/mol. The van der Waals surface area contributed by atoms with Gasteiger partial charge in [0.15, 0.2) is 0 Å². The Labute approximate surface area is 94.6 Å². The van der Waals surface area contributed by atoms with Crippen molar-refractivity contribution >= 4 is 15.9 Å². The lowest BCUT2D eigenvalue weighted by molar-refractivity contribution is 0.0504. The van der Waals surface area contributed by atoms with Crippen LogP contribution < -0.4 is 0 Å². The van der Waals surface area contributed by atoms with Crippen LogP contribution in [-0.2, 0) is 4.74 Å². The van der Waals surface area contributed by atoms with Crippen LogP contribution >= 0.6 is 15.9 Å². The van der Waals surface area contributed by atoms with Crippen molar-refractivity contribution in [3.05, 3.63) is 34.3 Å². The lowest BCUT2D eigenvalue weighted by Gasteiger charge is -2.15. The summed E-state index contributed by atoms with van der Waals surface area (Å²) in [5.74, 6) is 0. The quantitative estimate of drug-likeness (QED) is 0.763. The van der Waals surface area contributed by atoms with E-state index in [4.69, 9.17) is 4.74 Å². The molecule has 0 heterocycles. The molecule has 0 aromatic heterocycles. The first-order valence-corrected chi connectivity index (χ1v) is 5.94. The molecule has 78 valence electrons. The molecular formula is C12H17BrO. The van der Waals surface area contributed by atoms with Crippen molar-refractivity contribution in [2.75, 3.05) is 6.61 Å². The van der Waals surface area contributed by atoms with Gasteiger partial charge in [0.2, 0.25) is 0 Å². The van der Waals surface area contributed by atoms with Crippen LogP contribution in [0.25, 0.3) is 0 Å². The Bertz CT molecular complexity index is 256. The highest BCUT2D eigenvalue weighted by atomic mass is 79.9. The van der Waals surface area contributed by atoms with Crippen LogP contribution in [0, 0.1) is 0 Å². The second-order valence-corrected chi connectivity index (χ2v) is 4.23. The van der Waals surface area contributed by atoms with Crippen LogP contribution in [0.4, 0.5) is 0 Å². The van der Waals surface area contributed by atoms with E-state index in [0.29, 0.717) is 0 Å². The van der Waals surface area contributed by atoms with Crippen molar-refractivity contribution < 1.29 is 4.74 Å². The molecule has 0 aliphatic rings. The zero-order chi connectivity index (χ0) is 10.4. The number of hydrogen-bond acceptors (Lipinski definition) is 1. The first kappa shape index (κ1) is 11.7. The van der Waals surface area contributed by atoms with Crippen molar-refractivity contribution in [1.82, 2.24) is 0 Å². The molecule has 0 aliphatic heterocycles. The highest BCUT2D eigenvalue weighted by Gasteiger charge is 2.08. The molecule has 0 N–H and O–H groups in total. The summed E-state index contributed by atoms with van der Waals surface area (Å²) >= 11 is 3.43. The van der Waals surface area contributed by atoms with Gasteiger partial charge in [0.05, 0.1) is 6.10 Å². The topological polar surface area (TPSA) is 9.23 Å². The van der Waals surface area contributed by atoms with E-state index < -0.39 is 0 Å². The molecule has 1 unspecified atom stereocenters. The highest BCUT2D eigenvalue weighted by molar-refractivity contribution is 9.10. The molecule has 14 heavy (non-hydrogen) atoms. The van der Waals surface area contributed by atoms with Gasteiger partial charge in [0, 0.05) is 11.1 Å². The molecule has 0 fully saturated rings. The molecule has 0 radical (unpaired) electrons. The summed E-state index contributed by atoms with van der Waals surface area (Å²) < 4.78 is 6.87. The predicted octanol–water partition coefficient (Wildman–Crippen LogP) is 4.33. The molecule has 1 atom stereocenters. The third-order valence-electron chi connectivity index (χ3n) is 2.14. The number of hydrogen-bond donors (Lipinski definition) is 0. The van der Waals surface area contributed by atoms with Crippen LogP contribution in [-0.4, -0.2) is 6.61 Å². The maximum atomic E-state index is 5.75. The Hall–Kier alpha value is -0.340. The average Bonchev–Trinajstić information content (AvgIpc) is 2.21. The Kier molecular flexibility index (Phi) is 5.20. The molecule has 0 saturated carbocycles. The van der Waals surface area contributed by atoms with E-state index in [-0.39, 0.29) is 6.10 Å². The van der Waals surface area contributed by atoms with Gasteiger partial charge >= 0.3 is 0 Å². The molecule has 0 spiro atoms. The third kappa shape index (κ3) is 3.43. The summed E-state index contributed by atoms with van der Waals surface area (Å²) in [6, 6.07) is 8.36. The van der Waals surface area contributed by atoms with E-state index in [1.165, 1.54) is 5.56 Å². The summed E-state index contributed by atoms with van der Waals surface area (Å²) in [6.45, 7) is 5.13. The second kappa shape index (κ2) is 6.20. The number of rotatable bonds is 5. The van der Waals surface area contributed by atoms with Crippen LogP contribution in [0.5, 0.6) is 0 Å². The van der Waals surface area contributed by atoms with Gasteiger partial charge in [-0.3, -0.25) is 0 Å². The van der Waals surface area contributed by atoms with Gasteiger partial charge < -0.3 is 4.74 Å². The number of ether oxygens (including phenoxy) is 1. The maximum absolute atomic E-state index is 5.75. The van der Waals surface area contributed by atoms with E-state index in [0.717, 1.165) is 23.9 Å². The predicted molar refractivity (Wildman–Crippen MR) is 63.4 cm³/mol. The largest absolute Gasteiger partial charge is 0.374 e. The standard InChI is InChI=1S/C12H17BrO/c1-3-9-14-12(4-2)10-5-7-11(13)8-6-10/h5-8,12H,3-4,9H2,1-2H3. The third-order valence-corrected chi connectivity index (χ3v) is 2.66. The Morgan fingerprint density at radius 3 is 2.36 bits per heavy atom. The second-order valence-electron chi connectivity index (χ2n) is 3.32. The summed E-state index contributed by atoms with van der Waals surface area (Å²) in [4.78, 5) is 0. The van der Waals surface area contributed by atoms with Gasteiger partial charge in [-0.1, -0.05) is 41.9 Å². The van der Waals surface area contributed by atoms with Crippen molar-refractivity contribution in [2.24, 2.45) is 0 Å². The highest BCUT2D eigenvalue weighted by Crippen LogP contribution is 2.22. The molecule has 0 bridgehead atoms. The van der Waals surface area contributed by atoms with Crippen LogP contribution in [0.15, 0.2) is 28.7 Å². The SMILES string of the molecule is CCCOC(CC)c1ccc(Br)cc1. The van der Waals surface area contributed by atoms with Gasteiger partial charge in [-0.25, -0.2) is 0 Å².